The molecule has 0 saturated heterocycles. The molecule has 0 spiro atoms. The first-order valence-electron chi connectivity index (χ1n) is 8.83. The van der Waals surface area contributed by atoms with Crippen molar-refractivity contribution in [1.29, 1.82) is 0 Å². The molecule has 0 aromatic heterocycles. The number of benzene rings is 3. The van der Waals surface area contributed by atoms with Gasteiger partial charge in [0, 0.05) is 11.3 Å². The van der Waals surface area contributed by atoms with Gasteiger partial charge in [0.25, 0.3) is 5.91 Å². The van der Waals surface area contributed by atoms with E-state index in [4.69, 9.17) is 4.74 Å². The number of carbonyl (C=O) groups excluding carboxylic acids is 2. The zero-order valence-electron chi connectivity index (χ0n) is 15.2. The molecule has 3 aromatic rings. The number of nitrogens with one attached hydrogen (secondary N) is 2. The van der Waals surface area contributed by atoms with Crippen LogP contribution in [-0.4, -0.2) is 19.0 Å². The van der Waals surface area contributed by atoms with Crippen LogP contribution in [0, 0.1) is 0 Å². The molecule has 138 valence electrons. The molecule has 28 heavy (non-hydrogen) atoms. The van der Waals surface area contributed by atoms with Crippen LogP contribution in [0.15, 0.2) is 78.9 Å². The zero-order valence-corrected chi connectivity index (χ0v) is 15.2. The largest absolute Gasteiger partial charge is 0.465 e. The van der Waals surface area contributed by atoms with E-state index in [1.165, 1.54) is 7.11 Å². The summed E-state index contributed by atoms with van der Waals surface area (Å²) in [6.07, 6.45) is 0. The third-order valence-electron chi connectivity index (χ3n) is 4.54. The quantitative estimate of drug-likeness (QED) is 0.527. The number of esters is 1. The Kier molecular flexibility index (Phi) is 4.64. The molecule has 0 unspecified atom stereocenters. The van der Waals surface area contributed by atoms with Crippen molar-refractivity contribution in [3.05, 3.63) is 95.6 Å². The first-order valence-corrected chi connectivity index (χ1v) is 8.83. The number of amides is 1. The van der Waals surface area contributed by atoms with Gasteiger partial charge in [0.2, 0.25) is 0 Å². The Morgan fingerprint density at radius 1 is 0.893 bits per heavy atom. The molecule has 0 bridgehead atoms. The van der Waals surface area contributed by atoms with Gasteiger partial charge in [0.05, 0.1) is 29.6 Å². The Balaban J connectivity index is 1.87. The van der Waals surface area contributed by atoms with Gasteiger partial charge < -0.3 is 15.4 Å². The van der Waals surface area contributed by atoms with Crippen LogP contribution in [-0.2, 0) is 9.53 Å². The summed E-state index contributed by atoms with van der Waals surface area (Å²) >= 11 is 0. The molecule has 1 aliphatic rings. The molecule has 0 fully saturated rings. The van der Waals surface area contributed by atoms with Gasteiger partial charge in [-0.05, 0) is 29.8 Å². The van der Waals surface area contributed by atoms with Crippen LogP contribution in [0.2, 0.25) is 0 Å². The molecular weight excluding hydrogens is 352 g/mol. The molecule has 5 heteroatoms. The van der Waals surface area contributed by atoms with E-state index >= 15 is 0 Å². The second-order valence-corrected chi connectivity index (χ2v) is 6.31. The van der Waals surface area contributed by atoms with Crippen LogP contribution in [0.5, 0.6) is 0 Å². The Bertz CT molecular complexity index is 1070. The van der Waals surface area contributed by atoms with Crippen LogP contribution in [0.25, 0.3) is 11.3 Å². The highest BCUT2D eigenvalue weighted by Gasteiger charge is 2.29. The van der Waals surface area contributed by atoms with E-state index in [1.807, 2.05) is 60.7 Å². The predicted octanol–water partition coefficient (Wildman–Crippen LogP) is 4.41. The number of fused-ring (bicyclic) bond motifs is 1. The standard InChI is InChI=1S/C23H18N2O3/c1-28-23(27)16-12-13-18-19(14-16)25-22(26)20(18)21(15-8-4-2-5-9-15)24-17-10-6-3-7-11-17/h2-14,24H,1H3,(H,25,26). The first kappa shape index (κ1) is 17.5. The Labute approximate surface area is 162 Å². The molecule has 0 radical (unpaired) electrons. The molecule has 1 amide bonds. The van der Waals surface area contributed by atoms with E-state index in [0.29, 0.717) is 22.5 Å². The van der Waals surface area contributed by atoms with Gasteiger partial charge in [-0.25, -0.2) is 4.79 Å². The summed E-state index contributed by atoms with van der Waals surface area (Å²) in [5.74, 6) is -0.667. The highest BCUT2D eigenvalue weighted by molar-refractivity contribution is 6.37. The third kappa shape index (κ3) is 3.25. The molecular formula is C23H18N2O3. The van der Waals surface area contributed by atoms with Crippen molar-refractivity contribution in [1.82, 2.24) is 0 Å². The average molecular weight is 370 g/mol. The second kappa shape index (κ2) is 7.40. The monoisotopic (exact) mass is 370 g/mol. The van der Waals surface area contributed by atoms with E-state index in [0.717, 1.165) is 16.8 Å². The molecule has 0 aliphatic carbocycles. The molecule has 3 aromatic carbocycles. The van der Waals surface area contributed by atoms with Gasteiger partial charge in [-0.3, -0.25) is 4.79 Å². The smallest absolute Gasteiger partial charge is 0.337 e. The molecule has 2 N–H and O–H groups in total. The lowest BCUT2D eigenvalue weighted by atomic mass is 9.99. The van der Waals surface area contributed by atoms with Crippen LogP contribution in [0.1, 0.15) is 21.5 Å². The minimum Gasteiger partial charge on any atom is -0.465 e. The van der Waals surface area contributed by atoms with Crippen LogP contribution >= 0.6 is 0 Å². The summed E-state index contributed by atoms with van der Waals surface area (Å²) in [6, 6.07) is 24.4. The van der Waals surface area contributed by atoms with E-state index in [9.17, 15) is 9.59 Å². The van der Waals surface area contributed by atoms with Crippen molar-refractivity contribution >= 4 is 34.5 Å². The van der Waals surface area contributed by atoms with Crippen LogP contribution < -0.4 is 10.6 Å². The molecule has 0 atom stereocenters. The maximum atomic E-state index is 12.9. The van der Waals surface area contributed by atoms with E-state index < -0.39 is 5.97 Å². The van der Waals surface area contributed by atoms with Crippen molar-refractivity contribution in [2.75, 3.05) is 17.7 Å². The number of rotatable bonds is 4. The lowest BCUT2D eigenvalue weighted by Gasteiger charge is -2.14. The Hall–Kier alpha value is -3.86. The number of hydrogen-bond donors (Lipinski definition) is 2. The number of hydrogen-bond acceptors (Lipinski definition) is 4. The summed E-state index contributed by atoms with van der Waals surface area (Å²) in [5, 5.41) is 6.24. The molecule has 4 rings (SSSR count). The van der Waals surface area contributed by atoms with Gasteiger partial charge >= 0.3 is 5.97 Å². The number of carbonyl (C=O) groups is 2. The second-order valence-electron chi connectivity index (χ2n) is 6.31. The lowest BCUT2D eigenvalue weighted by Crippen LogP contribution is -2.10. The lowest BCUT2D eigenvalue weighted by molar-refractivity contribution is -0.110. The van der Waals surface area contributed by atoms with Gasteiger partial charge in [0.1, 0.15) is 0 Å². The maximum absolute atomic E-state index is 12.9. The molecule has 5 nitrogen and oxygen atoms in total. The summed E-state index contributed by atoms with van der Waals surface area (Å²) in [7, 11) is 1.33. The molecule has 1 heterocycles. The van der Waals surface area contributed by atoms with Gasteiger partial charge in [0.15, 0.2) is 0 Å². The summed E-state index contributed by atoms with van der Waals surface area (Å²) < 4.78 is 4.77. The minimum atomic E-state index is -0.444. The Morgan fingerprint density at radius 2 is 1.57 bits per heavy atom. The number of anilines is 2. The Morgan fingerprint density at radius 3 is 2.25 bits per heavy atom. The van der Waals surface area contributed by atoms with Crippen molar-refractivity contribution in [3.63, 3.8) is 0 Å². The number of para-hydroxylation sites is 1. The normalized spacial score (nSPS) is 14.1. The average Bonchev–Trinajstić information content (AvgIpc) is 3.07. The maximum Gasteiger partial charge on any atom is 0.337 e. The van der Waals surface area contributed by atoms with Crippen molar-refractivity contribution < 1.29 is 14.3 Å². The fourth-order valence-corrected chi connectivity index (χ4v) is 3.22. The highest BCUT2D eigenvalue weighted by atomic mass is 16.5. The summed E-state index contributed by atoms with van der Waals surface area (Å²) in [4.78, 5) is 24.7. The SMILES string of the molecule is COC(=O)c1ccc2c(c1)NC(=O)C2=C(Nc1ccccc1)c1ccccc1. The first-order chi connectivity index (χ1) is 13.7. The van der Waals surface area contributed by atoms with E-state index in [2.05, 4.69) is 10.6 Å². The minimum absolute atomic E-state index is 0.223. The zero-order chi connectivity index (χ0) is 19.5. The van der Waals surface area contributed by atoms with Crippen molar-refractivity contribution in [2.24, 2.45) is 0 Å². The molecule has 0 saturated carbocycles. The fourth-order valence-electron chi connectivity index (χ4n) is 3.22. The van der Waals surface area contributed by atoms with Gasteiger partial charge in [-0.15, -0.1) is 0 Å². The van der Waals surface area contributed by atoms with Crippen LogP contribution in [0.4, 0.5) is 11.4 Å². The summed E-state index contributed by atoms with van der Waals surface area (Å²) in [5.41, 5.74) is 4.71. The molecule has 1 aliphatic heterocycles. The summed E-state index contributed by atoms with van der Waals surface area (Å²) in [6.45, 7) is 0. The topological polar surface area (TPSA) is 67.4 Å². The van der Waals surface area contributed by atoms with Gasteiger partial charge in [-0.1, -0.05) is 54.6 Å². The fraction of sp³-hybridized carbons (Fsp3) is 0.0435. The number of ether oxygens (including phenoxy) is 1. The highest BCUT2D eigenvalue weighted by Crippen LogP contribution is 2.38. The van der Waals surface area contributed by atoms with E-state index in [-0.39, 0.29) is 5.91 Å². The van der Waals surface area contributed by atoms with E-state index in [1.54, 1.807) is 18.2 Å². The van der Waals surface area contributed by atoms with Crippen molar-refractivity contribution in [3.8, 4) is 0 Å². The van der Waals surface area contributed by atoms with Gasteiger partial charge in [-0.2, -0.15) is 0 Å². The van der Waals surface area contributed by atoms with Crippen molar-refractivity contribution in [2.45, 2.75) is 0 Å². The van der Waals surface area contributed by atoms with Crippen LogP contribution in [0.3, 0.4) is 0 Å². The number of methoxy groups -OCH3 is 1. The predicted molar refractivity (Wildman–Crippen MR) is 110 cm³/mol. The third-order valence-corrected chi connectivity index (χ3v) is 4.54.